The first-order valence-corrected chi connectivity index (χ1v) is 8.66. The molecule has 0 fully saturated rings. The zero-order chi connectivity index (χ0) is 14.5. The molecule has 0 aliphatic heterocycles. The van der Waals surface area contributed by atoms with Crippen LogP contribution in [0.1, 0.15) is 12.5 Å². The molecule has 0 saturated heterocycles. The van der Waals surface area contributed by atoms with E-state index in [2.05, 4.69) is 4.72 Å². The van der Waals surface area contributed by atoms with Gasteiger partial charge >= 0.3 is 0 Å². The number of aliphatic hydroxyl groups is 1. The highest BCUT2D eigenvalue weighted by molar-refractivity contribution is 7.98. The van der Waals surface area contributed by atoms with Crippen molar-refractivity contribution in [1.82, 2.24) is 4.72 Å². The minimum absolute atomic E-state index is 0.0277. The molecule has 0 aromatic heterocycles. The van der Waals surface area contributed by atoms with Gasteiger partial charge in [0.2, 0.25) is 10.0 Å². The van der Waals surface area contributed by atoms with E-state index in [0.29, 0.717) is 6.54 Å². The van der Waals surface area contributed by atoms with Gasteiger partial charge in [0.05, 0.1) is 11.5 Å². The summed E-state index contributed by atoms with van der Waals surface area (Å²) in [5.74, 6) is 0.452. The summed E-state index contributed by atoms with van der Waals surface area (Å²) in [6.45, 7) is 1.75. The molecule has 1 rings (SSSR count). The van der Waals surface area contributed by atoms with Crippen molar-refractivity contribution in [2.75, 3.05) is 18.6 Å². The zero-order valence-corrected chi connectivity index (χ0v) is 12.5. The summed E-state index contributed by atoms with van der Waals surface area (Å²) in [7, 11) is -3.66. The average molecular weight is 307 g/mol. The summed E-state index contributed by atoms with van der Waals surface area (Å²) in [5.41, 5.74) is -0.0277. The first-order chi connectivity index (χ1) is 8.90. The minimum atomic E-state index is -3.66. The molecule has 2 N–H and O–H groups in total. The van der Waals surface area contributed by atoms with Crippen LogP contribution in [0.15, 0.2) is 23.1 Å². The van der Waals surface area contributed by atoms with Crippen molar-refractivity contribution < 1.29 is 17.9 Å². The van der Waals surface area contributed by atoms with Gasteiger partial charge in [-0.05, 0) is 36.1 Å². The van der Waals surface area contributed by atoms with Crippen LogP contribution in [0.4, 0.5) is 4.39 Å². The molecule has 0 heterocycles. The molecule has 1 unspecified atom stereocenters. The molecule has 1 aromatic carbocycles. The Morgan fingerprint density at radius 1 is 1.47 bits per heavy atom. The summed E-state index contributed by atoms with van der Waals surface area (Å²) in [5, 5.41) is 8.94. The van der Waals surface area contributed by atoms with Crippen LogP contribution in [0.2, 0.25) is 0 Å². The maximum absolute atomic E-state index is 13.2. The lowest BCUT2D eigenvalue weighted by Gasteiger charge is -2.12. The van der Waals surface area contributed by atoms with Crippen LogP contribution >= 0.6 is 11.8 Å². The lowest BCUT2D eigenvalue weighted by molar-refractivity contribution is 0.275. The SMILES string of the molecule is CSCC(C)CNS(=O)(=O)c1ccc(F)c(CO)c1. The molecule has 4 nitrogen and oxygen atoms in total. The third-order valence-electron chi connectivity index (χ3n) is 2.57. The first-order valence-electron chi connectivity index (χ1n) is 5.78. The summed E-state index contributed by atoms with van der Waals surface area (Å²) >= 11 is 1.65. The quantitative estimate of drug-likeness (QED) is 0.803. The van der Waals surface area contributed by atoms with Gasteiger partial charge in [-0.3, -0.25) is 0 Å². The van der Waals surface area contributed by atoms with Crippen molar-refractivity contribution in [3.8, 4) is 0 Å². The molecule has 108 valence electrons. The van der Waals surface area contributed by atoms with Crippen molar-refractivity contribution in [2.45, 2.75) is 18.4 Å². The molecular formula is C12H18FNO3S2. The van der Waals surface area contributed by atoms with Gasteiger partial charge < -0.3 is 5.11 Å². The van der Waals surface area contributed by atoms with E-state index >= 15 is 0 Å². The van der Waals surface area contributed by atoms with Crippen molar-refractivity contribution >= 4 is 21.8 Å². The Morgan fingerprint density at radius 2 is 2.16 bits per heavy atom. The van der Waals surface area contributed by atoms with Gasteiger partial charge in [0.15, 0.2) is 0 Å². The number of hydrogen-bond donors (Lipinski definition) is 2. The van der Waals surface area contributed by atoms with Crippen LogP contribution < -0.4 is 4.72 Å². The Hall–Kier alpha value is -0.630. The number of thioether (sulfide) groups is 1. The Labute approximate surface area is 117 Å². The van der Waals surface area contributed by atoms with E-state index in [-0.39, 0.29) is 16.4 Å². The Bertz CT molecular complexity index is 520. The number of benzene rings is 1. The maximum atomic E-state index is 13.2. The Balaban J connectivity index is 2.83. The van der Waals surface area contributed by atoms with Crippen molar-refractivity contribution in [3.05, 3.63) is 29.6 Å². The fraction of sp³-hybridized carbons (Fsp3) is 0.500. The highest BCUT2D eigenvalue weighted by Crippen LogP contribution is 2.15. The number of sulfonamides is 1. The third kappa shape index (κ3) is 4.76. The topological polar surface area (TPSA) is 66.4 Å². The Morgan fingerprint density at radius 3 is 2.74 bits per heavy atom. The van der Waals surface area contributed by atoms with E-state index in [1.54, 1.807) is 11.8 Å². The van der Waals surface area contributed by atoms with E-state index in [1.165, 1.54) is 6.07 Å². The van der Waals surface area contributed by atoms with Crippen LogP contribution in [-0.2, 0) is 16.6 Å². The molecule has 0 saturated carbocycles. The predicted molar refractivity (Wildman–Crippen MR) is 75.1 cm³/mol. The van der Waals surface area contributed by atoms with E-state index in [9.17, 15) is 12.8 Å². The fourth-order valence-corrected chi connectivity index (χ4v) is 3.42. The summed E-state index contributed by atoms with van der Waals surface area (Å²) in [6, 6.07) is 3.39. The van der Waals surface area contributed by atoms with Gasteiger partial charge in [0.25, 0.3) is 0 Å². The monoisotopic (exact) mass is 307 g/mol. The van der Waals surface area contributed by atoms with E-state index < -0.39 is 22.4 Å². The van der Waals surface area contributed by atoms with Gasteiger partial charge in [-0.25, -0.2) is 17.5 Å². The molecule has 0 radical (unpaired) electrons. The summed E-state index contributed by atoms with van der Waals surface area (Å²) in [4.78, 5) is -0.0331. The van der Waals surface area contributed by atoms with Crippen molar-refractivity contribution in [1.29, 1.82) is 0 Å². The number of nitrogens with one attached hydrogen (secondary N) is 1. The molecule has 7 heteroatoms. The molecule has 0 spiro atoms. The number of halogens is 1. The molecule has 0 aliphatic rings. The Kier molecular flexibility index (Phi) is 6.25. The molecule has 0 bridgehead atoms. The molecule has 19 heavy (non-hydrogen) atoms. The van der Waals surface area contributed by atoms with Gasteiger partial charge in [0.1, 0.15) is 5.82 Å². The van der Waals surface area contributed by atoms with Crippen molar-refractivity contribution in [2.24, 2.45) is 5.92 Å². The predicted octanol–water partition coefficient (Wildman–Crippen LogP) is 1.60. The van der Waals surface area contributed by atoms with E-state index in [4.69, 9.17) is 5.11 Å². The van der Waals surface area contributed by atoms with Crippen LogP contribution in [0.3, 0.4) is 0 Å². The minimum Gasteiger partial charge on any atom is -0.392 e. The second kappa shape index (κ2) is 7.23. The number of hydrogen-bond acceptors (Lipinski definition) is 4. The van der Waals surface area contributed by atoms with E-state index in [0.717, 1.165) is 17.9 Å². The van der Waals surface area contributed by atoms with Gasteiger partial charge in [-0.1, -0.05) is 6.92 Å². The van der Waals surface area contributed by atoms with Crippen LogP contribution in [0.25, 0.3) is 0 Å². The molecule has 1 atom stereocenters. The zero-order valence-electron chi connectivity index (χ0n) is 10.9. The normalized spacial score (nSPS) is 13.5. The van der Waals surface area contributed by atoms with Crippen LogP contribution in [0.5, 0.6) is 0 Å². The first kappa shape index (κ1) is 16.4. The maximum Gasteiger partial charge on any atom is 0.240 e. The van der Waals surface area contributed by atoms with Gasteiger partial charge in [0, 0.05) is 12.1 Å². The smallest absolute Gasteiger partial charge is 0.240 e. The van der Waals surface area contributed by atoms with Crippen LogP contribution in [-0.4, -0.2) is 32.1 Å². The second-order valence-electron chi connectivity index (χ2n) is 4.32. The number of aliphatic hydroxyl groups excluding tert-OH is 1. The molecule has 0 aliphatic carbocycles. The summed E-state index contributed by atoms with van der Waals surface area (Å²) < 4.78 is 39.7. The standard InChI is InChI=1S/C12H18FNO3S2/c1-9(8-18-2)6-14-19(16,17)11-3-4-12(13)10(5-11)7-15/h3-5,9,14-15H,6-8H2,1-2H3. The third-order valence-corrected chi connectivity index (χ3v) is 4.89. The molecule has 1 aromatic rings. The van der Waals surface area contributed by atoms with Crippen LogP contribution in [0, 0.1) is 11.7 Å². The van der Waals surface area contributed by atoms with Crippen molar-refractivity contribution in [3.63, 3.8) is 0 Å². The highest BCUT2D eigenvalue weighted by Gasteiger charge is 2.16. The van der Waals surface area contributed by atoms with E-state index in [1.807, 2.05) is 13.2 Å². The lowest BCUT2D eigenvalue weighted by atomic mass is 10.2. The molecular weight excluding hydrogens is 289 g/mol. The largest absolute Gasteiger partial charge is 0.392 e. The van der Waals surface area contributed by atoms with Gasteiger partial charge in [-0.15, -0.1) is 0 Å². The highest BCUT2D eigenvalue weighted by atomic mass is 32.2. The number of rotatable bonds is 7. The average Bonchev–Trinajstić information content (AvgIpc) is 2.37. The molecule has 0 amide bonds. The second-order valence-corrected chi connectivity index (χ2v) is 7.00. The fourth-order valence-electron chi connectivity index (χ4n) is 1.52. The lowest BCUT2D eigenvalue weighted by Crippen LogP contribution is -2.29. The van der Waals surface area contributed by atoms with Gasteiger partial charge in [-0.2, -0.15) is 11.8 Å². The summed E-state index contributed by atoms with van der Waals surface area (Å²) in [6.07, 6.45) is 1.96.